The molecule has 0 spiro atoms. The molecule has 4 aliphatic rings. The smallest absolute Gasteiger partial charge is 0.308 e. The summed E-state index contributed by atoms with van der Waals surface area (Å²) in [6, 6.07) is 0. The molecule has 0 aromatic carbocycles. The molecule has 4 bridgehead atoms. The van der Waals surface area contributed by atoms with Crippen LogP contribution in [0, 0.1) is 29.1 Å². The van der Waals surface area contributed by atoms with E-state index in [0.29, 0.717) is 18.4 Å². The van der Waals surface area contributed by atoms with E-state index in [-0.39, 0.29) is 23.4 Å². The molecular weight excluding hydrogens is 240 g/mol. The first-order valence-corrected chi connectivity index (χ1v) is 7.88. The quantitative estimate of drug-likeness (QED) is 0.796. The van der Waals surface area contributed by atoms with Gasteiger partial charge in [0, 0.05) is 5.41 Å². The summed E-state index contributed by atoms with van der Waals surface area (Å²) in [4.78, 5) is 11.9. The van der Waals surface area contributed by atoms with Crippen LogP contribution in [0.15, 0.2) is 0 Å². The fraction of sp³-hybridized carbons (Fsp3) is 0.938. The van der Waals surface area contributed by atoms with Gasteiger partial charge in [0.15, 0.2) is 0 Å². The van der Waals surface area contributed by atoms with E-state index in [4.69, 9.17) is 4.74 Å². The van der Waals surface area contributed by atoms with Crippen LogP contribution in [-0.4, -0.2) is 23.8 Å². The maximum absolute atomic E-state index is 11.9. The lowest BCUT2D eigenvalue weighted by molar-refractivity contribution is -0.172. The van der Waals surface area contributed by atoms with Crippen molar-refractivity contribution in [2.24, 2.45) is 29.1 Å². The zero-order chi connectivity index (χ0) is 13.6. The van der Waals surface area contributed by atoms with Gasteiger partial charge in [0.1, 0.15) is 0 Å². The summed E-state index contributed by atoms with van der Waals surface area (Å²) < 4.78 is 5.59. The van der Waals surface area contributed by atoms with Crippen molar-refractivity contribution in [3.63, 3.8) is 0 Å². The zero-order valence-electron chi connectivity index (χ0n) is 12.1. The lowest BCUT2D eigenvalue weighted by Crippen LogP contribution is -2.55. The fourth-order valence-corrected chi connectivity index (χ4v) is 4.88. The average molecular weight is 266 g/mol. The van der Waals surface area contributed by atoms with Crippen LogP contribution in [0.3, 0.4) is 0 Å². The second-order valence-corrected chi connectivity index (χ2v) is 7.38. The van der Waals surface area contributed by atoms with Crippen molar-refractivity contribution in [1.29, 1.82) is 0 Å². The predicted molar refractivity (Wildman–Crippen MR) is 72.4 cm³/mol. The number of hydrogen-bond donors (Lipinski definition) is 1. The van der Waals surface area contributed by atoms with Crippen molar-refractivity contribution in [3.05, 3.63) is 0 Å². The Labute approximate surface area is 115 Å². The van der Waals surface area contributed by atoms with Gasteiger partial charge >= 0.3 is 5.97 Å². The molecule has 3 atom stereocenters. The van der Waals surface area contributed by atoms with Gasteiger partial charge in [-0.25, -0.2) is 0 Å². The van der Waals surface area contributed by atoms with E-state index in [9.17, 15) is 9.90 Å². The molecule has 4 fully saturated rings. The molecule has 0 heterocycles. The van der Waals surface area contributed by atoms with E-state index in [2.05, 4.69) is 0 Å². The highest BCUT2D eigenvalue weighted by atomic mass is 16.5. The van der Waals surface area contributed by atoms with E-state index >= 15 is 0 Å². The minimum absolute atomic E-state index is 0.0134. The molecule has 0 radical (unpaired) electrons. The van der Waals surface area contributed by atoms with Crippen LogP contribution in [0.5, 0.6) is 0 Å². The third kappa shape index (κ3) is 2.31. The third-order valence-corrected chi connectivity index (χ3v) is 5.89. The van der Waals surface area contributed by atoms with Crippen LogP contribution in [0.25, 0.3) is 0 Å². The highest BCUT2D eigenvalue weighted by molar-refractivity contribution is 5.71. The summed E-state index contributed by atoms with van der Waals surface area (Å²) in [5.74, 6) is 1.67. The first-order chi connectivity index (χ1) is 9.03. The van der Waals surface area contributed by atoms with Crippen LogP contribution in [0.1, 0.15) is 52.4 Å². The number of esters is 1. The molecule has 3 heteroatoms. The number of carbonyl (C=O) groups is 1. The summed E-state index contributed by atoms with van der Waals surface area (Å²) in [7, 11) is 0. The van der Waals surface area contributed by atoms with Crippen LogP contribution in [-0.2, 0) is 9.53 Å². The Morgan fingerprint density at radius 3 is 2.53 bits per heavy atom. The first-order valence-electron chi connectivity index (χ1n) is 7.88. The Morgan fingerprint density at radius 1 is 1.32 bits per heavy atom. The Balaban J connectivity index is 1.63. The molecule has 4 aliphatic carbocycles. The minimum Gasteiger partial charge on any atom is -0.465 e. The van der Waals surface area contributed by atoms with E-state index in [1.54, 1.807) is 0 Å². The van der Waals surface area contributed by atoms with Gasteiger partial charge in [-0.3, -0.25) is 4.79 Å². The summed E-state index contributed by atoms with van der Waals surface area (Å²) in [6.45, 7) is 4.55. The number of carbonyl (C=O) groups excluding carboxylic acids is 1. The van der Waals surface area contributed by atoms with E-state index in [1.165, 1.54) is 19.3 Å². The van der Waals surface area contributed by atoms with Gasteiger partial charge in [-0.15, -0.1) is 0 Å². The molecule has 4 rings (SSSR count). The number of rotatable bonds is 4. The Bertz CT molecular complexity index is 349. The molecule has 0 amide bonds. The summed E-state index contributed by atoms with van der Waals surface area (Å²) in [6.07, 6.45) is 6.48. The third-order valence-electron chi connectivity index (χ3n) is 5.89. The second kappa shape index (κ2) is 4.76. The minimum atomic E-state index is -0.0880. The molecule has 4 saturated carbocycles. The van der Waals surface area contributed by atoms with E-state index in [0.717, 1.165) is 25.2 Å². The van der Waals surface area contributed by atoms with Crippen LogP contribution in [0.2, 0.25) is 0 Å². The Kier molecular flexibility index (Phi) is 3.36. The molecule has 19 heavy (non-hydrogen) atoms. The second-order valence-electron chi connectivity index (χ2n) is 7.38. The van der Waals surface area contributed by atoms with Crippen molar-refractivity contribution in [2.45, 2.75) is 58.5 Å². The standard InChI is InChI=1S/C16H26O3/c1-3-10(2)15(18)19-9-16-6-11-4-12(7-16)14(17)13(5-11)8-16/h10-14,17H,3-9H2,1-2H3. The molecule has 0 aromatic heterocycles. The highest BCUT2D eigenvalue weighted by Gasteiger charge is 2.55. The number of aliphatic hydroxyl groups excluding tert-OH is 1. The zero-order valence-corrected chi connectivity index (χ0v) is 12.1. The topological polar surface area (TPSA) is 46.5 Å². The van der Waals surface area contributed by atoms with Crippen molar-refractivity contribution in [1.82, 2.24) is 0 Å². The van der Waals surface area contributed by atoms with Gasteiger partial charge in [0.2, 0.25) is 0 Å². The van der Waals surface area contributed by atoms with E-state index in [1.807, 2.05) is 13.8 Å². The fourth-order valence-electron chi connectivity index (χ4n) is 4.88. The summed E-state index contributed by atoms with van der Waals surface area (Å²) in [5.41, 5.74) is 0.193. The lowest BCUT2D eigenvalue weighted by Gasteiger charge is -2.58. The lowest BCUT2D eigenvalue weighted by atomic mass is 9.49. The molecule has 0 aromatic rings. The molecule has 3 nitrogen and oxygen atoms in total. The summed E-state index contributed by atoms with van der Waals surface area (Å²) in [5, 5.41) is 10.2. The first kappa shape index (κ1) is 13.4. The molecule has 108 valence electrons. The van der Waals surface area contributed by atoms with Gasteiger partial charge in [-0.05, 0) is 56.3 Å². The van der Waals surface area contributed by atoms with Crippen LogP contribution < -0.4 is 0 Å². The normalized spacial score (nSPS) is 45.2. The molecule has 0 aliphatic heterocycles. The van der Waals surface area contributed by atoms with Crippen molar-refractivity contribution in [3.8, 4) is 0 Å². The van der Waals surface area contributed by atoms with Crippen molar-refractivity contribution in [2.75, 3.05) is 6.61 Å². The van der Waals surface area contributed by atoms with Crippen molar-refractivity contribution < 1.29 is 14.6 Å². The number of hydrogen-bond acceptors (Lipinski definition) is 3. The van der Waals surface area contributed by atoms with Gasteiger partial charge in [-0.1, -0.05) is 13.8 Å². The maximum atomic E-state index is 11.9. The van der Waals surface area contributed by atoms with Crippen LogP contribution in [0.4, 0.5) is 0 Å². The molecular formula is C16H26O3. The highest BCUT2D eigenvalue weighted by Crippen LogP contribution is 2.60. The molecule has 3 unspecified atom stereocenters. The van der Waals surface area contributed by atoms with Crippen LogP contribution >= 0.6 is 0 Å². The van der Waals surface area contributed by atoms with E-state index < -0.39 is 0 Å². The monoisotopic (exact) mass is 266 g/mol. The van der Waals surface area contributed by atoms with Gasteiger partial charge in [0.25, 0.3) is 0 Å². The Morgan fingerprint density at radius 2 is 1.95 bits per heavy atom. The van der Waals surface area contributed by atoms with Crippen molar-refractivity contribution >= 4 is 5.97 Å². The average Bonchev–Trinajstić information content (AvgIpc) is 2.40. The number of aliphatic hydroxyl groups is 1. The summed E-state index contributed by atoms with van der Waals surface area (Å²) >= 11 is 0. The Hall–Kier alpha value is -0.570. The largest absolute Gasteiger partial charge is 0.465 e. The predicted octanol–water partition coefficient (Wildman–Crippen LogP) is 2.76. The number of ether oxygens (including phenoxy) is 1. The molecule has 1 N–H and O–H groups in total. The van der Waals surface area contributed by atoms with Gasteiger partial charge in [-0.2, -0.15) is 0 Å². The van der Waals surface area contributed by atoms with Gasteiger partial charge < -0.3 is 9.84 Å². The molecule has 0 saturated heterocycles. The SMILES string of the molecule is CCC(C)C(=O)OCC12CC3CC(C1)C(O)C(C3)C2. The maximum Gasteiger partial charge on any atom is 0.308 e. The van der Waals surface area contributed by atoms with Gasteiger partial charge in [0.05, 0.1) is 18.6 Å².